The molecular formula is C26H33N3O5S. The Labute approximate surface area is 207 Å². The molecule has 0 radical (unpaired) electrons. The Kier molecular flexibility index (Phi) is 7.88. The van der Waals surface area contributed by atoms with Gasteiger partial charge in [-0.3, -0.25) is 9.59 Å². The van der Waals surface area contributed by atoms with E-state index in [1.54, 1.807) is 29.2 Å². The van der Waals surface area contributed by atoms with Crippen molar-refractivity contribution in [3.8, 4) is 0 Å². The van der Waals surface area contributed by atoms with Crippen molar-refractivity contribution in [2.24, 2.45) is 5.92 Å². The first-order valence-corrected chi connectivity index (χ1v) is 13.5. The highest BCUT2D eigenvalue weighted by Crippen LogP contribution is 2.25. The van der Waals surface area contributed by atoms with Gasteiger partial charge in [0.15, 0.2) is 0 Å². The SMILES string of the molecule is CC(C)CC(=O)N1Cc2ccccc2CC1C(=O)NCc1ccc(S(=O)(=O)N2CCOCC2)cc1. The lowest BCUT2D eigenvalue weighted by molar-refractivity contribution is -0.142. The first kappa shape index (κ1) is 25.3. The molecule has 2 aromatic rings. The molecule has 2 amide bonds. The van der Waals surface area contributed by atoms with Gasteiger partial charge >= 0.3 is 0 Å². The summed E-state index contributed by atoms with van der Waals surface area (Å²) in [5.74, 6) is -0.0235. The number of carbonyl (C=O) groups is 2. The summed E-state index contributed by atoms with van der Waals surface area (Å²) in [7, 11) is -3.56. The molecule has 4 rings (SSSR count). The number of hydrogen-bond acceptors (Lipinski definition) is 5. The number of rotatable bonds is 7. The third-order valence-corrected chi connectivity index (χ3v) is 8.37. The van der Waals surface area contributed by atoms with Crippen molar-refractivity contribution in [1.29, 1.82) is 0 Å². The Bertz CT molecular complexity index is 1160. The van der Waals surface area contributed by atoms with E-state index in [9.17, 15) is 18.0 Å². The zero-order chi connectivity index (χ0) is 25.0. The molecular weight excluding hydrogens is 466 g/mol. The molecule has 0 aliphatic carbocycles. The van der Waals surface area contributed by atoms with Gasteiger partial charge in [-0.2, -0.15) is 4.31 Å². The van der Waals surface area contributed by atoms with E-state index in [0.29, 0.717) is 45.7 Å². The molecule has 1 fully saturated rings. The topological polar surface area (TPSA) is 96.0 Å². The molecule has 35 heavy (non-hydrogen) atoms. The van der Waals surface area contributed by atoms with Crippen LogP contribution in [0.4, 0.5) is 0 Å². The fraction of sp³-hybridized carbons (Fsp3) is 0.462. The molecule has 2 aliphatic rings. The van der Waals surface area contributed by atoms with Crippen LogP contribution in [0.5, 0.6) is 0 Å². The lowest BCUT2D eigenvalue weighted by atomic mass is 9.92. The van der Waals surface area contributed by atoms with E-state index in [1.165, 1.54) is 4.31 Å². The fourth-order valence-electron chi connectivity index (χ4n) is 4.51. The number of morpholine rings is 1. The third kappa shape index (κ3) is 5.91. The van der Waals surface area contributed by atoms with Gasteiger partial charge in [-0.05, 0) is 34.7 Å². The summed E-state index contributed by atoms with van der Waals surface area (Å²) in [6.45, 7) is 6.14. The molecule has 8 nitrogen and oxygen atoms in total. The molecule has 1 saturated heterocycles. The van der Waals surface area contributed by atoms with Crippen molar-refractivity contribution in [2.45, 2.75) is 50.7 Å². The summed E-state index contributed by atoms with van der Waals surface area (Å²) in [5, 5.41) is 2.95. The zero-order valence-electron chi connectivity index (χ0n) is 20.3. The largest absolute Gasteiger partial charge is 0.379 e. The number of nitrogens with zero attached hydrogens (tertiary/aromatic N) is 2. The van der Waals surface area contributed by atoms with Crippen molar-refractivity contribution < 1.29 is 22.7 Å². The van der Waals surface area contributed by atoms with Crippen molar-refractivity contribution in [2.75, 3.05) is 26.3 Å². The monoisotopic (exact) mass is 499 g/mol. The van der Waals surface area contributed by atoms with E-state index >= 15 is 0 Å². The van der Waals surface area contributed by atoms with E-state index in [0.717, 1.165) is 16.7 Å². The Morgan fingerprint density at radius 3 is 2.34 bits per heavy atom. The predicted octanol–water partition coefficient (Wildman–Crippen LogP) is 2.32. The molecule has 1 N–H and O–H groups in total. The summed E-state index contributed by atoms with van der Waals surface area (Å²) in [6.07, 6.45) is 0.869. The highest BCUT2D eigenvalue weighted by Gasteiger charge is 2.34. The predicted molar refractivity (Wildman–Crippen MR) is 132 cm³/mol. The van der Waals surface area contributed by atoms with Gasteiger partial charge in [0, 0.05) is 39.0 Å². The highest BCUT2D eigenvalue weighted by molar-refractivity contribution is 7.89. The molecule has 0 bridgehead atoms. The van der Waals surface area contributed by atoms with Gasteiger partial charge in [0.1, 0.15) is 6.04 Å². The van der Waals surface area contributed by atoms with Crippen LogP contribution >= 0.6 is 0 Å². The summed E-state index contributed by atoms with van der Waals surface area (Å²) >= 11 is 0. The van der Waals surface area contributed by atoms with Gasteiger partial charge < -0.3 is 15.0 Å². The van der Waals surface area contributed by atoms with Crippen molar-refractivity contribution in [3.63, 3.8) is 0 Å². The second-order valence-corrected chi connectivity index (χ2v) is 11.4. The first-order valence-electron chi connectivity index (χ1n) is 12.1. The first-order chi connectivity index (χ1) is 16.8. The maximum Gasteiger partial charge on any atom is 0.243 e. The molecule has 1 unspecified atom stereocenters. The average molecular weight is 500 g/mol. The number of carbonyl (C=O) groups excluding carboxylic acids is 2. The van der Waals surface area contributed by atoms with Crippen LogP contribution in [0.3, 0.4) is 0 Å². The van der Waals surface area contributed by atoms with Crippen molar-refractivity contribution >= 4 is 21.8 Å². The van der Waals surface area contributed by atoms with Gasteiger partial charge in [0.2, 0.25) is 21.8 Å². The minimum absolute atomic E-state index is 0.0210. The molecule has 2 aromatic carbocycles. The van der Waals surface area contributed by atoms with E-state index in [2.05, 4.69) is 5.32 Å². The van der Waals surface area contributed by atoms with E-state index in [4.69, 9.17) is 4.74 Å². The van der Waals surface area contributed by atoms with E-state index < -0.39 is 16.1 Å². The molecule has 1 atom stereocenters. The Balaban J connectivity index is 1.43. The average Bonchev–Trinajstić information content (AvgIpc) is 2.87. The summed E-state index contributed by atoms with van der Waals surface area (Å²) < 4.78 is 32.3. The highest BCUT2D eigenvalue weighted by atomic mass is 32.2. The van der Waals surface area contributed by atoms with Crippen LogP contribution in [-0.4, -0.2) is 61.8 Å². The normalized spacial score (nSPS) is 18.8. The van der Waals surface area contributed by atoms with Crippen LogP contribution in [0.2, 0.25) is 0 Å². The minimum Gasteiger partial charge on any atom is -0.379 e. The van der Waals surface area contributed by atoms with Gasteiger partial charge in [0.05, 0.1) is 18.1 Å². The van der Waals surface area contributed by atoms with Crippen LogP contribution < -0.4 is 5.32 Å². The van der Waals surface area contributed by atoms with Gasteiger partial charge in [-0.1, -0.05) is 50.2 Å². The number of fused-ring (bicyclic) bond motifs is 1. The number of benzene rings is 2. The maximum absolute atomic E-state index is 13.2. The van der Waals surface area contributed by atoms with Gasteiger partial charge in [0.25, 0.3) is 0 Å². The summed E-state index contributed by atoms with van der Waals surface area (Å²) in [6, 6.07) is 13.9. The molecule has 0 saturated carbocycles. The van der Waals surface area contributed by atoms with E-state index in [-0.39, 0.29) is 29.2 Å². The molecule has 2 aliphatic heterocycles. The van der Waals surface area contributed by atoms with Crippen LogP contribution in [0.15, 0.2) is 53.4 Å². The Hall–Kier alpha value is -2.75. The standard InChI is InChI=1S/C26H33N3O5S/c1-19(2)15-25(30)29-18-22-6-4-3-5-21(22)16-24(29)26(31)27-17-20-7-9-23(10-8-20)35(32,33)28-11-13-34-14-12-28/h3-10,19,24H,11-18H2,1-2H3,(H,27,31). The van der Waals surface area contributed by atoms with Crippen LogP contribution in [0.25, 0.3) is 0 Å². The van der Waals surface area contributed by atoms with Crippen molar-refractivity contribution in [1.82, 2.24) is 14.5 Å². The molecule has 188 valence electrons. The van der Waals surface area contributed by atoms with Crippen LogP contribution in [0, 0.1) is 5.92 Å². The van der Waals surface area contributed by atoms with Gasteiger partial charge in [-0.15, -0.1) is 0 Å². The van der Waals surface area contributed by atoms with Crippen molar-refractivity contribution in [3.05, 3.63) is 65.2 Å². The number of sulfonamides is 1. The van der Waals surface area contributed by atoms with E-state index in [1.807, 2.05) is 38.1 Å². The second kappa shape index (κ2) is 10.9. The number of ether oxygens (including phenoxy) is 1. The van der Waals surface area contributed by atoms with Crippen LogP contribution in [-0.2, 0) is 43.9 Å². The smallest absolute Gasteiger partial charge is 0.243 e. The summed E-state index contributed by atoms with van der Waals surface area (Å²) in [4.78, 5) is 28.1. The minimum atomic E-state index is -3.56. The summed E-state index contributed by atoms with van der Waals surface area (Å²) in [5.41, 5.74) is 2.94. The lowest BCUT2D eigenvalue weighted by Gasteiger charge is -2.36. The fourth-order valence-corrected chi connectivity index (χ4v) is 5.92. The van der Waals surface area contributed by atoms with Gasteiger partial charge in [-0.25, -0.2) is 8.42 Å². The molecule has 0 aromatic heterocycles. The zero-order valence-corrected chi connectivity index (χ0v) is 21.1. The quantitative estimate of drug-likeness (QED) is 0.631. The number of hydrogen-bond donors (Lipinski definition) is 1. The number of nitrogens with one attached hydrogen (secondary N) is 1. The second-order valence-electron chi connectivity index (χ2n) is 9.49. The molecule has 9 heteroatoms. The van der Waals surface area contributed by atoms with Crippen LogP contribution in [0.1, 0.15) is 37.0 Å². The molecule has 2 heterocycles. The maximum atomic E-state index is 13.2. The Morgan fingerprint density at radius 2 is 1.69 bits per heavy atom. The lowest BCUT2D eigenvalue weighted by Crippen LogP contribution is -2.52. The Morgan fingerprint density at radius 1 is 1.03 bits per heavy atom. The molecule has 0 spiro atoms. The number of amides is 2. The third-order valence-electron chi connectivity index (χ3n) is 6.45.